The number of hydrogen-bond donors (Lipinski definition) is 2. The van der Waals surface area contributed by atoms with Gasteiger partial charge in [0.05, 0.1) is 0 Å². The topological polar surface area (TPSA) is 58.4 Å². The number of carbonyl (C=O) groups is 1. The van der Waals surface area contributed by atoms with Crippen molar-refractivity contribution in [3.8, 4) is 0 Å². The minimum atomic E-state index is -0.0834. The minimum Gasteiger partial charge on any atom is -0.399 e. The number of likely N-dealkylation sites (N-methyl/N-ethyl adjacent to an activating group) is 1. The smallest absolute Gasteiger partial charge is 0.244 e. The van der Waals surface area contributed by atoms with Gasteiger partial charge in [-0.15, -0.1) is 0 Å². The van der Waals surface area contributed by atoms with E-state index in [0.717, 1.165) is 5.56 Å². The molecule has 0 bridgehead atoms. The highest BCUT2D eigenvalue weighted by Crippen LogP contribution is 2.08. The van der Waals surface area contributed by atoms with E-state index in [0.29, 0.717) is 24.2 Å². The standard InChI is InChI=1S/C16H25N3O/c1-12(2)15(19(3)4)11-18-16(20)9-8-13-6-5-7-14(17)10-13/h5-10,12,15H,11,17H2,1-4H3,(H,18,20)/b9-8+. The molecule has 0 spiro atoms. The van der Waals surface area contributed by atoms with Gasteiger partial charge < -0.3 is 16.0 Å². The van der Waals surface area contributed by atoms with Crippen LogP contribution < -0.4 is 11.1 Å². The lowest BCUT2D eigenvalue weighted by molar-refractivity contribution is -0.116. The summed E-state index contributed by atoms with van der Waals surface area (Å²) in [4.78, 5) is 13.9. The second kappa shape index (κ2) is 7.70. The van der Waals surface area contributed by atoms with Crippen LogP contribution in [-0.4, -0.2) is 37.5 Å². The first kappa shape index (κ1) is 16.2. The maximum absolute atomic E-state index is 11.8. The predicted molar refractivity (Wildman–Crippen MR) is 85.2 cm³/mol. The molecule has 0 aliphatic carbocycles. The SMILES string of the molecule is CC(C)C(CNC(=O)/C=C/c1cccc(N)c1)N(C)C. The molecule has 110 valence electrons. The summed E-state index contributed by atoms with van der Waals surface area (Å²) in [6.45, 7) is 4.95. The van der Waals surface area contributed by atoms with E-state index in [-0.39, 0.29) is 5.91 Å². The van der Waals surface area contributed by atoms with E-state index < -0.39 is 0 Å². The number of nitrogens with two attached hydrogens (primary N) is 1. The van der Waals surface area contributed by atoms with E-state index >= 15 is 0 Å². The largest absolute Gasteiger partial charge is 0.399 e. The second-order valence-electron chi connectivity index (χ2n) is 5.52. The van der Waals surface area contributed by atoms with Gasteiger partial charge in [0.25, 0.3) is 0 Å². The predicted octanol–water partition coefficient (Wildman–Crippen LogP) is 1.98. The number of nitrogen functional groups attached to an aromatic ring is 1. The van der Waals surface area contributed by atoms with Gasteiger partial charge in [-0.3, -0.25) is 4.79 Å². The van der Waals surface area contributed by atoms with E-state index in [1.54, 1.807) is 12.2 Å². The first-order valence-electron chi connectivity index (χ1n) is 6.88. The molecular formula is C16H25N3O. The molecule has 20 heavy (non-hydrogen) atoms. The van der Waals surface area contributed by atoms with Gasteiger partial charge in [0.15, 0.2) is 0 Å². The average molecular weight is 275 g/mol. The Morgan fingerprint density at radius 2 is 2.10 bits per heavy atom. The molecule has 1 rings (SSSR count). The summed E-state index contributed by atoms with van der Waals surface area (Å²) >= 11 is 0. The summed E-state index contributed by atoms with van der Waals surface area (Å²) in [5.41, 5.74) is 7.31. The fourth-order valence-corrected chi connectivity index (χ4v) is 2.11. The third-order valence-corrected chi connectivity index (χ3v) is 3.26. The normalized spacial score (nSPS) is 13.1. The van der Waals surface area contributed by atoms with E-state index in [4.69, 9.17) is 5.73 Å². The van der Waals surface area contributed by atoms with Crippen LogP contribution >= 0.6 is 0 Å². The monoisotopic (exact) mass is 275 g/mol. The maximum Gasteiger partial charge on any atom is 0.244 e. The summed E-state index contributed by atoms with van der Waals surface area (Å²) in [5.74, 6) is 0.406. The molecule has 1 unspecified atom stereocenters. The average Bonchev–Trinajstić information content (AvgIpc) is 2.35. The Morgan fingerprint density at radius 3 is 2.65 bits per heavy atom. The highest BCUT2D eigenvalue weighted by Gasteiger charge is 2.15. The summed E-state index contributed by atoms with van der Waals surface area (Å²) in [7, 11) is 4.05. The van der Waals surface area contributed by atoms with Gasteiger partial charge in [-0.25, -0.2) is 0 Å². The first-order valence-corrected chi connectivity index (χ1v) is 6.88. The van der Waals surface area contributed by atoms with Gasteiger partial charge in [-0.2, -0.15) is 0 Å². The Bertz CT molecular complexity index is 459. The van der Waals surface area contributed by atoms with Gasteiger partial charge in [-0.05, 0) is 43.8 Å². The van der Waals surface area contributed by atoms with Gasteiger partial charge in [0, 0.05) is 24.4 Å². The number of hydrogen-bond acceptors (Lipinski definition) is 3. The fourth-order valence-electron chi connectivity index (χ4n) is 2.11. The van der Waals surface area contributed by atoms with Crippen LogP contribution in [0.1, 0.15) is 19.4 Å². The summed E-state index contributed by atoms with van der Waals surface area (Å²) in [6, 6.07) is 7.77. The maximum atomic E-state index is 11.8. The lowest BCUT2D eigenvalue weighted by Crippen LogP contribution is -2.43. The molecule has 0 saturated carbocycles. The zero-order valence-electron chi connectivity index (χ0n) is 12.8. The van der Waals surface area contributed by atoms with Crippen LogP contribution in [0, 0.1) is 5.92 Å². The fraction of sp³-hybridized carbons (Fsp3) is 0.438. The zero-order valence-corrected chi connectivity index (χ0v) is 12.8. The summed E-state index contributed by atoms with van der Waals surface area (Å²) in [5, 5.41) is 2.93. The molecule has 4 heteroatoms. The van der Waals surface area contributed by atoms with Crippen molar-refractivity contribution in [1.82, 2.24) is 10.2 Å². The van der Waals surface area contributed by atoms with Crippen molar-refractivity contribution < 1.29 is 4.79 Å². The number of nitrogens with zero attached hydrogens (tertiary/aromatic N) is 1. The van der Waals surface area contributed by atoms with Crippen molar-refractivity contribution in [3.05, 3.63) is 35.9 Å². The minimum absolute atomic E-state index is 0.0834. The quantitative estimate of drug-likeness (QED) is 0.616. The molecule has 0 saturated heterocycles. The highest BCUT2D eigenvalue weighted by atomic mass is 16.1. The molecule has 1 amide bonds. The molecule has 0 aliphatic heterocycles. The van der Waals surface area contributed by atoms with Crippen molar-refractivity contribution >= 4 is 17.7 Å². The Balaban J connectivity index is 2.51. The van der Waals surface area contributed by atoms with Crippen LogP contribution in [-0.2, 0) is 4.79 Å². The van der Waals surface area contributed by atoms with E-state index in [2.05, 4.69) is 24.1 Å². The van der Waals surface area contributed by atoms with Crippen LogP contribution in [0.15, 0.2) is 30.3 Å². The van der Waals surface area contributed by atoms with Gasteiger partial charge in [0.1, 0.15) is 0 Å². The van der Waals surface area contributed by atoms with Crippen molar-refractivity contribution in [2.75, 3.05) is 26.4 Å². The van der Waals surface area contributed by atoms with E-state index in [1.165, 1.54) is 0 Å². The molecular weight excluding hydrogens is 250 g/mol. The van der Waals surface area contributed by atoms with Crippen LogP contribution in [0.4, 0.5) is 5.69 Å². The molecule has 1 atom stereocenters. The van der Waals surface area contributed by atoms with Crippen LogP contribution in [0.25, 0.3) is 6.08 Å². The van der Waals surface area contributed by atoms with Gasteiger partial charge in [-0.1, -0.05) is 26.0 Å². The Kier molecular flexibility index (Phi) is 6.25. The highest BCUT2D eigenvalue weighted by molar-refractivity contribution is 5.91. The summed E-state index contributed by atoms with van der Waals surface area (Å²) < 4.78 is 0. The number of rotatable bonds is 6. The molecule has 1 aromatic carbocycles. The molecule has 3 N–H and O–H groups in total. The molecule has 0 aliphatic rings. The van der Waals surface area contributed by atoms with Crippen molar-refractivity contribution in [2.45, 2.75) is 19.9 Å². The number of amides is 1. The third-order valence-electron chi connectivity index (χ3n) is 3.26. The number of anilines is 1. The van der Waals surface area contributed by atoms with Crippen LogP contribution in [0.2, 0.25) is 0 Å². The Hall–Kier alpha value is -1.81. The first-order chi connectivity index (χ1) is 9.40. The number of carbonyl (C=O) groups excluding carboxylic acids is 1. The zero-order chi connectivity index (χ0) is 15.1. The van der Waals surface area contributed by atoms with E-state index in [9.17, 15) is 4.79 Å². The van der Waals surface area contributed by atoms with Crippen LogP contribution in [0.3, 0.4) is 0 Å². The van der Waals surface area contributed by atoms with Crippen molar-refractivity contribution in [1.29, 1.82) is 0 Å². The number of nitrogens with one attached hydrogen (secondary N) is 1. The second-order valence-corrected chi connectivity index (χ2v) is 5.52. The molecule has 4 nitrogen and oxygen atoms in total. The van der Waals surface area contributed by atoms with E-state index in [1.807, 2.05) is 38.4 Å². The Morgan fingerprint density at radius 1 is 1.40 bits per heavy atom. The molecule has 0 fully saturated rings. The molecule has 0 heterocycles. The van der Waals surface area contributed by atoms with Crippen LogP contribution in [0.5, 0.6) is 0 Å². The van der Waals surface area contributed by atoms with Crippen molar-refractivity contribution in [3.63, 3.8) is 0 Å². The Labute approximate surface area is 121 Å². The molecule has 0 aromatic heterocycles. The lowest BCUT2D eigenvalue weighted by Gasteiger charge is -2.27. The van der Waals surface area contributed by atoms with Gasteiger partial charge in [0.2, 0.25) is 5.91 Å². The summed E-state index contributed by atoms with van der Waals surface area (Å²) in [6.07, 6.45) is 3.31. The third kappa shape index (κ3) is 5.45. The lowest BCUT2D eigenvalue weighted by atomic mass is 10.0. The van der Waals surface area contributed by atoms with Crippen molar-refractivity contribution in [2.24, 2.45) is 5.92 Å². The number of benzene rings is 1. The molecule has 0 radical (unpaired) electrons. The molecule has 1 aromatic rings. The van der Waals surface area contributed by atoms with Gasteiger partial charge >= 0.3 is 0 Å².